The summed E-state index contributed by atoms with van der Waals surface area (Å²) >= 11 is 0. The van der Waals surface area contributed by atoms with Crippen LogP contribution in [0.15, 0.2) is 83.5 Å². The molecule has 1 saturated heterocycles. The molecule has 0 radical (unpaired) electrons. The van der Waals surface area contributed by atoms with Crippen LogP contribution in [0.5, 0.6) is 0 Å². The quantitative estimate of drug-likeness (QED) is 0.117. The second-order valence-electron chi connectivity index (χ2n) is 17.0. The minimum atomic E-state index is -2.36. The van der Waals surface area contributed by atoms with Gasteiger partial charge in [0.1, 0.15) is 23.9 Å². The highest BCUT2D eigenvalue weighted by Crippen LogP contribution is 2.64. The summed E-state index contributed by atoms with van der Waals surface area (Å²) < 4.78 is 30.1. The summed E-state index contributed by atoms with van der Waals surface area (Å²) in [7, 11) is 0. The first-order valence-electron chi connectivity index (χ1n) is 19.9. The summed E-state index contributed by atoms with van der Waals surface area (Å²) in [5, 5.41) is 40.0. The summed E-state index contributed by atoms with van der Waals surface area (Å²) in [5.74, 6) is -6.76. The number of hydrogen-bond donors (Lipinski definition) is 4. The second kappa shape index (κ2) is 16.3. The number of carbonyl (C=O) groups is 6. The zero-order valence-corrected chi connectivity index (χ0v) is 34.9. The van der Waals surface area contributed by atoms with Crippen molar-refractivity contribution in [2.45, 2.75) is 122 Å². The number of amides is 1. The third-order valence-corrected chi connectivity index (χ3v) is 13.2. The lowest BCUT2D eigenvalue weighted by atomic mass is 9.44. The van der Waals surface area contributed by atoms with Gasteiger partial charge in [0, 0.05) is 43.2 Å². The number of rotatable bonds is 10. The minimum Gasteiger partial charge on any atom is -0.456 e. The molecule has 2 aromatic rings. The third-order valence-electron chi connectivity index (χ3n) is 13.2. The zero-order chi connectivity index (χ0) is 44.1. The highest BCUT2D eigenvalue weighted by molar-refractivity contribution is 5.96. The first-order chi connectivity index (χ1) is 28.1. The monoisotopic (exact) mass is 831 g/mol. The van der Waals surface area contributed by atoms with Gasteiger partial charge < -0.3 is 44.3 Å². The standard InChI is InChI=1S/C45H53NO14/c1-9-23(2)40(53)59-38-36-43(8,30(49)20-31-44(36,22-56-31)60-26(5)48)37(51)35(57-25(4)47)32-24(3)29(21-45(38,55)42(32,6)7)58-41(54)34(50)33(27-16-12-10-13-17-27)46-39(52)28-18-14-11-15-19-28/h9-19,29-31,33-36,38,49-50,55H,20-22H2,1-8H3,(H,46,52)/b23-9+/t29-,30+,31-,33-,34+,35-,36-,38-,43-,44?,45-/m1/s1. The Balaban J connectivity index is 1.53. The van der Waals surface area contributed by atoms with E-state index in [4.69, 9.17) is 23.7 Å². The first-order valence-corrected chi connectivity index (χ1v) is 19.9. The Hall–Kier alpha value is -5.22. The van der Waals surface area contributed by atoms with Crippen LogP contribution in [0.1, 0.15) is 90.2 Å². The summed E-state index contributed by atoms with van der Waals surface area (Å²) in [6.45, 7) is 11.1. The first kappa shape index (κ1) is 44.3. The van der Waals surface area contributed by atoms with Crippen LogP contribution in [-0.4, -0.2) is 105 Å². The molecule has 0 aromatic heterocycles. The zero-order valence-electron chi connectivity index (χ0n) is 34.9. The molecule has 6 rings (SSSR count). The summed E-state index contributed by atoms with van der Waals surface area (Å²) in [6, 6.07) is 15.1. The Morgan fingerprint density at radius 2 is 1.53 bits per heavy atom. The number of allylic oxidation sites excluding steroid dienone is 1. The fourth-order valence-corrected chi connectivity index (χ4v) is 9.75. The molecule has 1 unspecified atom stereocenters. The number of nitrogens with one attached hydrogen (secondary N) is 1. The average Bonchev–Trinajstić information content (AvgIpc) is 3.20. The van der Waals surface area contributed by atoms with E-state index in [1.54, 1.807) is 81.4 Å². The van der Waals surface area contributed by atoms with Crippen LogP contribution in [-0.2, 0) is 47.7 Å². The lowest BCUT2D eigenvalue weighted by Gasteiger charge is -2.67. The lowest BCUT2D eigenvalue weighted by Crippen LogP contribution is -2.82. The van der Waals surface area contributed by atoms with E-state index in [9.17, 15) is 39.3 Å². The number of hydrogen-bond acceptors (Lipinski definition) is 14. The van der Waals surface area contributed by atoms with E-state index in [0.29, 0.717) is 5.56 Å². The Morgan fingerprint density at radius 1 is 0.917 bits per heavy atom. The van der Waals surface area contributed by atoms with Crippen LogP contribution in [0.3, 0.4) is 0 Å². The predicted octanol–water partition coefficient (Wildman–Crippen LogP) is 3.39. The largest absolute Gasteiger partial charge is 0.456 e. The summed E-state index contributed by atoms with van der Waals surface area (Å²) in [5.41, 5.74) is -6.85. The Kier molecular flexibility index (Phi) is 12.1. The van der Waals surface area contributed by atoms with Gasteiger partial charge in [0.15, 0.2) is 23.6 Å². The molecule has 322 valence electrons. The smallest absolute Gasteiger partial charge is 0.338 e. The maximum atomic E-state index is 15.4. The molecule has 2 bridgehead atoms. The molecule has 4 aliphatic rings. The lowest BCUT2D eigenvalue weighted by molar-refractivity contribution is -0.347. The maximum Gasteiger partial charge on any atom is 0.338 e. The van der Waals surface area contributed by atoms with E-state index in [0.717, 1.165) is 13.8 Å². The third kappa shape index (κ3) is 7.24. The molecular formula is C45H53NO14. The minimum absolute atomic E-state index is 0.00456. The number of esters is 4. The topological polar surface area (TPSA) is 221 Å². The van der Waals surface area contributed by atoms with E-state index in [1.165, 1.54) is 26.8 Å². The van der Waals surface area contributed by atoms with Gasteiger partial charge in [-0.1, -0.05) is 68.5 Å². The van der Waals surface area contributed by atoms with Gasteiger partial charge in [0.05, 0.1) is 30.1 Å². The predicted molar refractivity (Wildman–Crippen MR) is 211 cm³/mol. The van der Waals surface area contributed by atoms with E-state index < -0.39 is 113 Å². The number of aliphatic hydroxyl groups excluding tert-OH is 2. The highest BCUT2D eigenvalue weighted by atomic mass is 16.6. The van der Waals surface area contributed by atoms with Gasteiger partial charge in [-0.3, -0.25) is 19.2 Å². The van der Waals surface area contributed by atoms with E-state index >= 15 is 4.79 Å². The van der Waals surface area contributed by atoms with Crippen LogP contribution in [0.25, 0.3) is 0 Å². The summed E-state index contributed by atoms with van der Waals surface area (Å²) in [4.78, 5) is 82.8. The van der Waals surface area contributed by atoms with Gasteiger partial charge in [-0.2, -0.15) is 0 Å². The van der Waals surface area contributed by atoms with Crippen LogP contribution >= 0.6 is 0 Å². The van der Waals surface area contributed by atoms with Crippen molar-refractivity contribution in [2.75, 3.05) is 6.61 Å². The van der Waals surface area contributed by atoms with Gasteiger partial charge in [0.2, 0.25) is 0 Å². The van der Waals surface area contributed by atoms with E-state index in [1.807, 2.05) is 0 Å². The molecule has 15 nitrogen and oxygen atoms in total. The highest BCUT2D eigenvalue weighted by Gasteiger charge is 2.78. The van der Waals surface area contributed by atoms with Crippen molar-refractivity contribution < 1.29 is 67.8 Å². The number of carbonyl (C=O) groups excluding carboxylic acids is 6. The van der Waals surface area contributed by atoms with Crippen LogP contribution in [0, 0.1) is 16.7 Å². The van der Waals surface area contributed by atoms with Crippen molar-refractivity contribution in [2.24, 2.45) is 16.7 Å². The van der Waals surface area contributed by atoms with Gasteiger partial charge in [-0.15, -0.1) is 0 Å². The van der Waals surface area contributed by atoms with Crippen molar-refractivity contribution in [3.63, 3.8) is 0 Å². The fourth-order valence-electron chi connectivity index (χ4n) is 9.75. The Bertz CT molecular complexity index is 2110. The number of ketones is 1. The Morgan fingerprint density at radius 3 is 2.08 bits per heavy atom. The second-order valence-corrected chi connectivity index (χ2v) is 17.0. The van der Waals surface area contributed by atoms with Crippen molar-refractivity contribution >= 4 is 35.6 Å². The van der Waals surface area contributed by atoms with E-state index in [2.05, 4.69) is 5.32 Å². The molecule has 0 spiro atoms. The Labute approximate surface area is 348 Å². The molecule has 60 heavy (non-hydrogen) atoms. The number of Topliss-reactive ketones (excluding diaryl/α,β-unsaturated/α-hetero) is 1. The maximum absolute atomic E-state index is 15.4. The molecule has 1 aliphatic heterocycles. The van der Waals surface area contributed by atoms with Crippen LogP contribution < -0.4 is 5.32 Å². The number of ether oxygens (including phenoxy) is 5. The van der Waals surface area contributed by atoms with E-state index in [-0.39, 0.29) is 35.3 Å². The van der Waals surface area contributed by atoms with Crippen LogP contribution in [0.2, 0.25) is 0 Å². The summed E-state index contributed by atoms with van der Waals surface area (Å²) in [6.07, 6.45) is -8.91. The van der Waals surface area contributed by atoms with Crippen LogP contribution in [0.4, 0.5) is 0 Å². The SMILES string of the molecule is C/C=C(\C)C(=O)O[C@@H]1[C@H]2C3(OC(C)=O)CO[C@@H]3C[C@H](O)[C@@]2(C)C(=O)[C@H](OC(C)=O)C2=C(C)[C@H](OC(=O)[C@@H](O)[C@H](NC(=O)c3ccccc3)c3ccccc3)C[C@]1(O)C2(C)C. The molecular weight excluding hydrogens is 778 g/mol. The molecule has 3 fully saturated rings. The number of fused-ring (bicyclic) bond motifs is 5. The van der Waals surface area contributed by atoms with Crippen molar-refractivity contribution in [3.8, 4) is 0 Å². The molecule has 1 heterocycles. The van der Waals surface area contributed by atoms with Crippen molar-refractivity contribution in [3.05, 3.63) is 94.6 Å². The van der Waals surface area contributed by atoms with Gasteiger partial charge in [0.25, 0.3) is 5.91 Å². The molecule has 3 aliphatic carbocycles. The number of aliphatic hydroxyl groups is 3. The van der Waals surface area contributed by atoms with Crippen molar-refractivity contribution in [1.82, 2.24) is 5.32 Å². The van der Waals surface area contributed by atoms with Crippen molar-refractivity contribution in [1.29, 1.82) is 0 Å². The van der Waals surface area contributed by atoms with Gasteiger partial charge in [-0.05, 0) is 56.5 Å². The van der Waals surface area contributed by atoms with Gasteiger partial charge in [-0.25, -0.2) is 9.59 Å². The average molecular weight is 832 g/mol. The molecule has 15 heteroatoms. The van der Waals surface area contributed by atoms with Gasteiger partial charge >= 0.3 is 23.9 Å². The number of benzene rings is 2. The molecule has 2 saturated carbocycles. The molecule has 2 aromatic carbocycles. The normalized spacial score (nSPS) is 32.9. The molecule has 1 amide bonds. The fraction of sp³-hybridized carbons (Fsp3) is 0.511. The molecule has 4 N–H and O–H groups in total. The molecule has 11 atom stereocenters.